The summed E-state index contributed by atoms with van der Waals surface area (Å²) < 4.78 is 0. The molecule has 2 unspecified atom stereocenters. The summed E-state index contributed by atoms with van der Waals surface area (Å²) in [5, 5.41) is 20.1. The van der Waals surface area contributed by atoms with Crippen LogP contribution in [0.2, 0.25) is 0 Å². The molecule has 3 nitrogen and oxygen atoms in total. The van der Waals surface area contributed by atoms with Gasteiger partial charge >= 0.3 is 0 Å². The molecule has 4 heteroatoms. The highest BCUT2D eigenvalue weighted by Gasteiger charge is 2.15. The van der Waals surface area contributed by atoms with Crippen LogP contribution in [0.1, 0.15) is 17.8 Å². The van der Waals surface area contributed by atoms with E-state index in [9.17, 15) is 5.11 Å². The van der Waals surface area contributed by atoms with Gasteiger partial charge in [-0.3, -0.25) is 4.90 Å². The molecule has 14 heavy (non-hydrogen) atoms. The van der Waals surface area contributed by atoms with E-state index in [-0.39, 0.29) is 12.6 Å². The van der Waals surface area contributed by atoms with Gasteiger partial charge in [-0.05, 0) is 25.4 Å². The summed E-state index contributed by atoms with van der Waals surface area (Å²) in [5.74, 6) is 0. The molecule has 1 rings (SSSR count). The molecule has 1 heterocycles. The van der Waals surface area contributed by atoms with Gasteiger partial charge in [-0.2, -0.15) is 0 Å². The number of hydrogen-bond donors (Lipinski definition) is 2. The van der Waals surface area contributed by atoms with Crippen molar-refractivity contribution in [1.29, 1.82) is 0 Å². The molecule has 0 aromatic carbocycles. The van der Waals surface area contributed by atoms with Gasteiger partial charge in [0.1, 0.15) is 0 Å². The quantitative estimate of drug-likeness (QED) is 0.773. The molecule has 0 aliphatic heterocycles. The van der Waals surface area contributed by atoms with Gasteiger partial charge in [0.05, 0.1) is 12.7 Å². The Kier molecular flexibility index (Phi) is 4.54. The largest absolute Gasteiger partial charge is 0.394 e. The van der Waals surface area contributed by atoms with Crippen molar-refractivity contribution in [2.24, 2.45) is 0 Å². The topological polar surface area (TPSA) is 43.7 Å². The third-order valence-corrected chi connectivity index (χ3v) is 3.37. The summed E-state index contributed by atoms with van der Waals surface area (Å²) in [4.78, 5) is 3.31. The van der Waals surface area contributed by atoms with E-state index in [0.29, 0.717) is 6.54 Å². The summed E-state index contributed by atoms with van der Waals surface area (Å²) in [6.45, 7) is 2.41. The number of likely N-dealkylation sites (N-methyl/N-ethyl adjacent to an activating group) is 1. The van der Waals surface area contributed by atoms with Gasteiger partial charge in [0, 0.05) is 17.5 Å². The van der Waals surface area contributed by atoms with Crippen molar-refractivity contribution in [3.05, 3.63) is 22.4 Å². The number of aliphatic hydroxyl groups is 2. The van der Waals surface area contributed by atoms with Crippen LogP contribution in [-0.4, -0.2) is 41.4 Å². The predicted octanol–water partition coefficient (Wildman–Crippen LogP) is 1.09. The fraction of sp³-hybridized carbons (Fsp3) is 0.600. The molecule has 1 aromatic rings. The van der Waals surface area contributed by atoms with Crippen LogP contribution in [0, 0.1) is 0 Å². The van der Waals surface area contributed by atoms with Crippen LogP contribution in [0.5, 0.6) is 0 Å². The molecule has 0 spiro atoms. The Hall–Kier alpha value is -0.420. The number of nitrogens with zero attached hydrogens (tertiary/aromatic N) is 1. The zero-order valence-corrected chi connectivity index (χ0v) is 9.37. The minimum atomic E-state index is -0.651. The van der Waals surface area contributed by atoms with Gasteiger partial charge in [0.25, 0.3) is 0 Å². The Balaban J connectivity index is 2.48. The minimum Gasteiger partial charge on any atom is -0.394 e. The highest BCUT2D eigenvalue weighted by molar-refractivity contribution is 7.10. The summed E-state index contributed by atoms with van der Waals surface area (Å²) in [6.07, 6.45) is -0.651. The number of aliphatic hydroxyl groups excluding tert-OH is 2. The van der Waals surface area contributed by atoms with Gasteiger partial charge in [0.15, 0.2) is 0 Å². The van der Waals surface area contributed by atoms with Crippen LogP contribution in [-0.2, 0) is 0 Å². The zero-order valence-electron chi connectivity index (χ0n) is 8.55. The summed E-state index contributed by atoms with van der Waals surface area (Å²) in [7, 11) is 1.95. The molecule has 1 aromatic heterocycles. The van der Waals surface area contributed by atoms with Crippen molar-refractivity contribution in [3.8, 4) is 0 Å². The SMILES string of the molecule is CC(c1cccs1)N(C)CC(O)CO. The monoisotopic (exact) mass is 215 g/mol. The average Bonchev–Trinajstić information content (AvgIpc) is 2.69. The average molecular weight is 215 g/mol. The molecule has 2 N–H and O–H groups in total. The van der Waals surface area contributed by atoms with Crippen molar-refractivity contribution < 1.29 is 10.2 Å². The Morgan fingerprint density at radius 1 is 1.57 bits per heavy atom. The van der Waals surface area contributed by atoms with Crippen LogP contribution in [0.15, 0.2) is 17.5 Å². The van der Waals surface area contributed by atoms with E-state index in [4.69, 9.17) is 5.11 Å². The molecule has 0 saturated heterocycles. The second-order valence-electron chi connectivity index (χ2n) is 3.47. The van der Waals surface area contributed by atoms with Gasteiger partial charge in [0.2, 0.25) is 0 Å². The molecule has 2 atom stereocenters. The second kappa shape index (κ2) is 5.46. The lowest BCUT2D eigenvalue weighted by Gasteiger charge is -2.25. The molecule has 0 fully saturated rings. The van der Waals surface area contributed by atoms with E-state index in [2.05, 4.69) is 13.0 Å². The van der Waals surface area contributed by atoms with Crippen molar-refractivity contribution in [2.75, 3.05) is 20.2 Å². The first-order valence-electron chi connectivity index (χ1n) is 4.67. The standard InChI is InChI=1S/C10H17NO2S/c1-8(10-4-3-5-14-10)11(2)6-9(13)7-12/h3-5,8-9,12-13H,6-7H2,1-2H3. The maximum Gasteiger partial charge on any atom is 0.0897 e. The molecule has 0 radical (unpaired) electrons. The maximum absolute atomic E-state index is 9.29. The van der Waals surface area contributed by atoms with Gasteiger partial charge in [-0.15, -0.1) is 11.3 Å². The van der Waals surface area contributed by atoms with E-state index in [1.165, 1.54) is 4.88 Å². The van der Waals surface area contributed by atoms with Crippen molar-refractivity contribution in [1.82, 2.24) is 4.90 Å². The van der Waals surface area contributed by atoms with E-state index in [0.717, 1.165) is 0 Å². The van der Waals surface area contributed by atoms with Crippen LogP contribution >= 0.6 is 11.3 Å². The molecule has 0 aliphatic rings. The van der Waals surface area contributed by atoms with Crippen molar-refractivity contribution in [2.45, 2.75) is 19.1 Å². The highest BCUT2D eigenvalue weighted by Crippen LogP contribution is 2.23. The lowest BCUT2D eigenvalue weighted by atomic mass is 10.2. The smallest absolute Gasteiger partial charge is 0.0897 e. The maximum atomic E-state index is 9.29. The van der Waals surface area contributed by atoms with E-state index < -0.39 is 6.10 Å². The normalized spacial score (nSPS) is 15.8. The Morgan fingerprint density at radius 3 is 2.79 bits per heavy atom. The second-order valence-corrected chi connectivity index (χ2v) is 4.45. The Bertz CT molecular complexity index is 251. The molecule has 0 amide bonds. The van der Waals surface area contributed by atoms with Crippen molar-refractivity contribution in [3.63, 3.8) is 0 Å². The van der Waals surface area contributed by atoms with E-state index in [1.807, 2.05) is 23.4 Å². The first kappa shape index (κ1) is 11.7. The van der Waals surface area contributed by atoms with Crippen LogP contribution in [0.3, 0.4) is 0 Å². The molecule has 0 bridgehead atoms. The van der Waals surface area contributed by atoms with Crippen LogP contribution < -0.4 is 0 Å². The molecular formula is C10H17NO2S. The fourth-order valence-corrected chi connectivity index (χ4v) is 2.14. The van der Waals surface area contributed by atoms with Crippen molar-refractivity contribution >= 4 is 11.3 Å². The van der Waals surface area contributed by atoms with Crippen LogP contribution in [0.25, 0.3) is 0 Å². The fourth-order valence-electron chi connectivity index (χ4n) is 1.29. The lowest BCUT2D eigenvalue weighted by Crippen LogP contribution is -2.32. The highest BCUT2D eigenvalue weighted by atomic mass is 32.1. The first-order chi connectivity index (χ1) is 6.65. The summed E-state index contributed by atoms with van der Waals surface area (Å²) >= 11 is 1.71. The number of thiophene rings is 1. The lowest BCUT2D eigenvalue weighted by molar-refractivity contribution is 0.0570. The molecule has 80 valence electrons. The zero-order chi connectivity index (χ0) is 10.6. The van der Waals surface area contributed by atoms with E-state index >= 15 is 0 Å². The van der Waals surface area contributed by atoms with Gasteiger partial charge < -0.3 is 10.2 Å². The molecule has 0 saturated carbocycles. The number of hydrogen-bond acceptors (Lipinski definition) is 4. The summed E-state index contributed by atoms with van der Waals surface area (Å²) in [6, 6.07) is 4.39. The first-order valence-corrected chi connectivity index (χ1v) is 5.55. The number of rotatable bonds is 5. The Labute approximate surface area is 88.6 Å². The minimum absolute atomic E-state index is 0.179. The third-order valence-electron chi connectivity index (χ3n) is 2.33. The van der Waals surface area contributed by atoms with Gasteiger partial charge in [-0.25, -0.2) is 0 Å². The summed E-state index contributed by atoms with van der Waals surface area (Å²) in [5.41, 5.74) is 0. The third kappa shape index (κ3) is 3.06. The Morgan fingerprint density at radius 2 is 2.29 bits per heavy atom. The molecular weight excluding hydrogens is 198 g/mol. The van der Waals surface area contributed by atoms with Gasteiger partial charge in [-0.1, -0.05) is 6.07 Å². The predicted molar refractivity (Wildman–Crippen MR) is 58.5 cm³/mol. The van der Waals surface area contributed by atoms with Crippen LogP contribution in [0.4, 0.5) is 0 Å². The molecule has 0 aliphatic carbocycles. The van der Waals surface area contributed by atoms with E-state index in [1.54, 1.807) is 11.3 Å².